The highest BCUT2D eigenvalue weighted by molar-refractivity contribution is 6.19. The zero-order valence-corrected chi connectivity index (χ0v) is 23.9. The molecule has 0 amide bonds. The smallest absolute Gasteiger partial charge is 0.220 e. The standard InChI is InChI=1S/2C17H16O4/c1-18-10-4-6-13-15(7-10)20-9-14-12-5-3-11(19-2)8-16(12)21-17(13)14;1-4-13(11-5-7-12(20-2)8-6-11)14-9-16(19)17(21-3)10-15(14)18/h3-8,14,17H,9H2,1-2H3;4-10,13H,1H2,2-3H3. The second-order valence-electron chi connectivity index (χ2n) is 9.79. The number of allylic oxidation sites excluding steroid dienone is 4. The lowest BCUT2D eigenvalue weighted by Crippen LogP contribution is -2.23. The van der Waals surface area contributed by atoms with Gasteiger partial charge in [0.15, 0.2) is 11.5 Å². The van der Waals surface area contributed by atoms with Crippen molar-refractivity contribution in [3.63, 3.8) is 0 Å². The minimum atomic E-state index is -0.345. The number of carbonyl (C=O) groups excluding carboxylic acids is 2. The molecule has 0 N–H and O–H groups in total. The third-order valence-corrected chi connectivity index (χ3v) is 7.53. The molecule has 0 fully saturated rings. The van der Waals surface area contributed by atoms with Crippen LogP contribution < -0.4 is 23.7 Å². The van der Waals surface area contributed by atoms with E-state index >= 15 is 0 Å². The van der Waals surface area contributed by atoms with E-state index in [-0.39, 0.29) is 35.3 Å². The maximum absolute atomic E-state index is 12.2. The Morgan fingerprint density at radius 1 is 0.762 bits per heavy atom. The fourth-order valence-electron chi connectivity index (χ4n) is 5.28. The van der Waals surface area contributed by atoms with Gasteiger partial charge in [-0.05, 0) is 42.0 Å². The number of rotatable bonds is 7. The number of fused-ring (bicyclic) bond motifs is 5. The molecule has 0 aromatic heterocycles. The van der Waals surface area contributed by atoms with Crippen molar-refractivity contribution in [3.05, 3.63) is 113 Å². The maximum Gasteiger partial charge on any atom is 0.220 e. The quantitative estimate of drug-likeness (QED) is 0.258. The first-order chi connectivity index (χ1) is 20.4. The molecule has 3 aromatic rings. The molecule has 8 heteroatoms. The van der Waals surface area contributed by atoms with Gasteiger partial charge in [-0.25, -0.2) is 0 Å². The molecule has 3 unspecified atom stereocenters. The summed E-state index contributed by atoms with van der Waals surface area (Å²) in [5.74, 6) is 3.44. The SMILES string of the molecule is C=CC(C1=CC(=O)C(OC)=CC1=O)c1ccc(OC)cc1.COc1ccc2c(c1)OC1c3ccc(OC)cc3OCC21. The Hall–Kier alpha value is -4.98. The van der Waals surface area contributed by atoms with Crippen LogP contribution in [0.3, 0.4) is 0 Å². The molecule has 216 valence electrons. The number of hydrogen-bond donors (Lipinski definition) is 0. The Balaban J connectivity index is 0.000000168. The Labute approximate surface area is 244 Å². The average Bonchev–Trinajstić information content (AvgIpc) is 3.41. The second kappa shape index (κ2) is 12.3. The third-order valence-electron chi connectivity index (χ3n) is 7.53. The molecular weight excluding hydrogens is 536 g/mol. The molecule has 1 aliphatic carbocycles. The lowest BCUT2D eigenvalue weighted by Gasteiger charge is -2.28. The number of methoxy groups -OCH3 is 4. The predicted octanol–water partition coefficient (Wildman–Crippen LogP) is 5.89. The van der Waals surface area contributed by atoms with Gasteiger partial charge in [-0.2, -0.15) is 0 Å². The van der Waals surface area contributed by atoms with E-state index in [9.17, 15) is 9.59 Å². The summed E-state index contributed by atoms with van der Waals surface area (Å²) in [7, 11) is 6.27. The van der Waals surface area contributed by atoms with Gasteiger partial charge in [0.05, 0.1) is 41.0 Å². The molecule has 3 atom stereocenters. The van der Waals surface area contributed by atoms with Crippen LogP contribution in [0.2, 0.25) is 0 Å². The molecule has 0 saturated heterocycles. The predicted molar refractivity (Wildman–Crippen MR) is 157 cm³/mol. The van der Waals surface area contributed by atoms with E-state index in [1.54, 1.807) is 39.5 Å². The van der Waals surface area contributed by atoms with Crippen LogP contribution in [-0.2, 0) is 14.3 Å². The summed E-state index contributed by atoms with van der Waals surface area (Å²) >= 11 is 0. The van der Waals surface area contributed by atoms with Crippen LogP contribution in [0, 0.1) is 0 Å². The number of carbonyl (C=O) groups is 2. The largest absolute Gasteiger partial charge is 0.497 e. The third kappa shape index (κ3) is 5.48. The monoisotopic (exact) mass is 568 g/mol. The van der Waals surface area contributed by atoms with Crippen molar-refractivity contribution in [1.29, 1.82) is 0 Å². The van der Waals surface area contributed by atoms with E-state index in [1.165, 1.54) is 24.8 Å². The van der Waals surface area contributed by atoms with Crippen LogP contribution in [0.4, 0.5) is 0 Å². The summed E-state index contributed by atoms with van der Waals surface area (Å²) in [6.07, 6.45) is 4.18. The summed E-state index contributed by atoms with van der Waals surface area (Å²) in [4.78, 5) is 24.0. The van der Waals surface area contributed by atoms with Gasteiger partial charge in [0.2, 0.25) is 5.78 Å². The van der Waals surface area contributed by atoms with E-state index in [4.69, 9.17) is 28.4 Å². The van der Waals surface area contributed by atoms with Gasteiger partial charge in [-0.1, -0.05) is 24.3 Å². The molecule has 0 saturated carbocycles. The molecule has 0 radical (unpaired) electrons. The summed E-state index contributed by atoms with van der Waals surface area (Å²) in [6, 6.07) is 19.2. The van der Waals surface area contributed by atoms with Crippen LogP contribution in [0.5, 0.6) is 28.7 Å². The first-order valence-corrected chi connectivity index (χ1v) is 13.4. The molecule has 6 rings (SSSR count). The number of ether oxygens (including phenoxy) is 6. The molecular formula is C34H32O8. The lowest BCUT2D eigenvalue weighted by atomic mass is 9.85. The first kappa shape index (κ1) is 28.5. The van der Waals surface area contributed by atoms with Crippen LogP contribution in [-0.4, -0.2) is 46.6 Å². The Morgan fingerprint density at radius 2 is 1.38 bits per heavy atom. The van der Waals surface area contributed by atoms with E-state index in [0.29, 0.717) is 12.2 Å². The number of hydrogen-bond acceptors (Lipinski definition) is 8. The molecule has 3 aliphatic rings. The van der Waals surface area contributed by atoms with E-state index in [0.717, 1.165) is 39.9 Å². The minimum absolute atomic E-state index is 0.00163. The van der Waals surface area contributed by atoms with Crippen molar-refractivity contribution >= 4 is 11.6 Å². The molecule has 8 nitrogen and oxygen atoms in total. The van der Waals surface area contributed by atoms with Gasteiger partial charge in [0.25, 0.3) is 0 Å². The zero-order valence-electron chi connectivity index (χ0n) is 23.9. The van der Waals surface area contributed by atoms with Crippen molar-refractivity contribution in [1.82, 2.24) is 0 Å². The van der Waals surface area contributed by atoms with Gasteiger partial charge >= 0.3 is 0 Å². The first-order valence-electron chi connectivity index (χ1n) is 13.4. The van der Waals surface area contributed by atoms with Gasteiger partial charge in [0.1, 0.15) is 34.9 Å². The highest BCUT2D eigenvalue weighted by Gasteiger charge is 2.41. The van der Waals surface area contributed by atoms with E-state index in [1.807, 2.05) is 42.5 Å². The summed E-state index contributed by atoms with van der Waals surface area (Å²) < 4.78 is 32.5. The highest BCUT2D eigenvalue weighted by Crippen LogP contribution is 2.52. The molecule has 0 bridgehead atoms. The Kier molecular flexibility index (Phi) is 8.33. The van der Waals surface area contributed by atoms with Crippen molar-refractivity contribution < 1.29 is 38.0 Å². The van der Waals surface area contributed by atoms with Crippen molar-refractivity contribution in [2.24, 2.45) is 0 Å². The topological polar surface area (TPSA) is 89.5 Å². The zero-order chi connectivity index (χ0) is 29.8. The van der Waals surface area contributed by atoms with Crippen LogP contribution in [0.15, 0.2) is 96.8 Å². The Bertz CT molecular complexity index is 1570. The van der Waals surface area contributed by atoms with E-state index < -0.39 is 0 Å². The van der Waals surface area contributed by atoms with Crippen molar-refractivity contribution in [3.8, 4) is 28.7 Å². The summed E-state index contributed by atoms with van der Waals surface area (Å²) in [5, 5.41) is 0. The average molecular weight is 569 g/mol. The summed E-state index contributed by atoms with van der Waals surface area (Å²) in [5.41, 5.74) is 3.51. The fraction of sp³-hybridized carbons (Fsp3) is 0.235. The minimum Gasteiger partial charge on any atom is -0.497 e. The number of benzene rings is 3. The number of ketones is 2. The molecule has 0 spiro atoms. The maximum atomic E-state index is 12.2. The highest BCUT2D eigenvalue weighted by atomic mass is 16.5. The molecule has 2 aliphatic heterocycles. The van der Waals surface area contributed by atoms with Gasteiger partial charge < -0.3 is 28.4 Å². The normalized spacial score (nSPS) is 18.7. The molecule has 42 heavy (non-hydrogen) atoms. The molecule has 2 heterocycles. The van der Waals surface area contributed by atoms with Crippen molar-refractivity contribution in [2.45, 2.75) is 17.9 Å². The van der Waals surface area contributed by atoms with Gasteiger partial charge in [-0.3, -0.25) is 9.59 Å². The van der Waals surface area contributed by atoms with Gasteiger partial charge in [0, 0.05) is 40.8 Å². The lowest BCUT2D eigenvalue weighted by molar-refractivity contribution is -0.117. The summed E-state index contributed by atoms with van der Waals surface area (Å²) in [6.45, 7) is 4.38. The second-order valence-corrected chi connectivity index (χ2v) is 9.79. The van der Waals surface area contributed by atoms with Crippen LogP contribution in [0.1, 0.15) is 34.6 Å². The molecule has 3 aromatic carbocycles. The van der Waals surface area contributed by atoms with Crippen LogP contribution >= 0.6 is 0 Å². The van der Waals surface area contributed by atoms with Crippen molar-refractivity contribution in [2.75, 3.05) is 35.0 Å². The Morgan fingerprint density at radius 3 is 2.00 bits per heavy atom. The van der Waals surface area contributed by atoms with Crippen LogP contribution in [0.25, 0.3) is 0 Å². The fourth-order valence-corrected chi connectivity index (χ4v) is 5.28. The van der Waals surface area contributed by atoms with Gasteiger partial charge in [-0.15, -0.1) is 6.58 Å². The van der Waals surface area contributed by atoms with E-state index in [2.05, 4.69) is 12.6 Å².